The maximum atomic E-state index is 5.27. The average Bonchev–Trinajstić information content (AvgIpc) is 2.57. The summed E-state index contributed by atoms with van der Waals surface area (Å²) in [6.07, 6.45) is 1.24. The molecular formula is C13H25N3O. The van der Waals surface area contributed by atoms with Crippen molar-refractivity contribution in [2.24, 2.45) is 15.8 Å². The van der Waals surface area contributed by atoms with Gasteiger partial charge in [0.15, 0.2) is 5.96 Å². The van der Waals surface area contributed by atoms with Crippen LogP contribution < -0.4 is 5.32 Å². The van der Waals surface area contributed by atoms with Gasteiger partial charge in [-0.15, -0.1) is 0 Å². The quantitative estimate of drug-likeness (QED) is 0.583. The van der Waals surface area contributed by atoms with Gasteiger partial charge in [-0.05, 0) is 11.8 Å². The Labute approximate surface area is 104 Å². The Balaban J connectivity index is 1.85. The zero-order valence-electron chi connectivity index (χ0n) is 11.5. The van der Waals surface area contributed by atoms with Crippen LogP contribution in [0, 0.1) is 10.8 Å². The molecular weight excluding hydrogens is 214 g/mol. The zero-order chi connectivity index (χ0) is 12.5. The van der Waals surface area contributed by atoms with Crippen LogP contribution in [0.15, 0.2) is 4.99 Å². The SMILES string of the molecule is CN=C(NCC1(C)COC1)N1CCC(C)(C)C1. The Morgan fingerprint density at radius 2 is 2.06 bits per heavy atom. The van der Waals surface area contributed by atoms with Crippen LogP contribution in [-0.4, -0.2) is 50.8 Å². The molecule has 2 aliphatic heterocycles. The first-order valence-electron chi connectivity index (χ1n) is 6.48. The molecule has 2 fully saturated rings. The van der Waals surface area contributed by atoms with Gasteiger partial charge < -0.3 is 15.0 Å². The van der Waals surface area contributed by atoms with Crippen LogP contribution in [0.5, 0.6) is 0 Å². The molecule has 1 N–H and O–H groups in total. The number of nitrogens with zero attached hydrogens (tertiary/aromatic N) is 2. The fourth-order valence-electron chi connectivity index (χ4n) is 2.47. The van der Waals surface area contributed by atoms with Gasteiger partial charge in [0, 0.05) is 32.1 Å². The summed E-state index contributed by atoms with van der Waals surface area (Å²) >= 11 is 0. The molecule has 2 aliphatic rings. The minimum atomic E-state index is 0.297. The summed E-state index contributed by atoms with van der Waals surface area (Å²) < 4.78 is 5.27. The Morgan fingerprint density at radius 3 is 2.47 bits per heavy atom. The lowest BCUT2D eigenvalue weighted by molar-refractivity contribution is -0.0972. The molecule has 2 saturated heterocycles. The van der Waals surface area contributed by atoms with E-state index in [4.69, 9.17) is 4.74 Å². The Bertz CT molecular complexity index is 308. The number of hydrogen-bond donors (Lipinski definition) is 1. The maximum Gasteiger partial charge on any atom is 0.193 e. The van der Waals surface area contributed by atoms with Gasteiger partial charge in [-0.25, -0.2) is 0 Å². The first kappa shape index (κ1) is 12.7. The van der Waals surface area contributed by atoms with E-state index in [-0.39, 0.29) is 0 Å². The number of nitrogens with one attached hydrogen (secondary N) is 1. The van der Waals surface area contributed by atoms with Crippen molar-refractivity contribution in [2.45, 2.75) is 27.2 Å². The third-order valence-corrected chi connectivity index (χ3v) is 3.76. The van der Waals surface area contributed by atoms with Gasteiger partial charge in [0.2, 0.25) is 0 Å². The largest absolute Gasteiger partial charge is 0.380 e. The van der Waals surface area contributed by atoms with Crippen molar-refractivity contribution in [3.05, 3.63) is 0 Å². The van der Waals surface area contributed by atoms with E-state index in [1.54, 1.807) is 0 Å². The van der Waals surface area contributed by atoms with Crippen LogP contribution in [-0.2, 0) is 4.74 Å². The highest BCUT2D eigenvalue weighted by molar-refractivity contribution is 5.80. The lowest BCUT2D eigenvalue weighted by Gasteiger charge is -2.39. The monoisotopic (exact) mass is 239 g/mol. The molecule has 2 heterocycles. The molecule has 0 bridgehead atoms. The molecule has 0 radical (unpaired) electrons. The Morgan fingerprint density at radius 1 is 1.35 bits per heavy atom. The van der Waals surface area contributed by atoms with Gasteiger partial charge in [-0.1, -0.05) is 20.8 Å². The summed E-state index contributed by atoms with van der Waals surface area (Å²) in [6, 6.07) is 0. The van der Waals surface area contributed by atoms with Crippen molar-refractivity contribution < 1.29 is 4.74 Å². The number of hydrogen-bond acceptors (Lipinski definition) is 2. The van der Waals surface area contributed by atoms with Crippen LogP contribution in [0.3, 0.4) is 0 Å². The molecule has 0 atom stereocenters. The number of guanidine groups is 1. The zero-order valence-corrected chi connectivity index (χ0v) is 11.5. The second-order valence-corrected chi connectivity index (χ2v) is 6.54. The van der Waals surface area contributed by atoms with E-state index in [1.807, 2.05) is 7.05 Å². The summed E-state index contributed by atoms with van der Waals surface area (Å²) in [5.41, 5.74) is 0.715. The molecule has 2 rings (SSSR count). The summed E-state index contributed by atoms with van der Waals surface area (Å²) in [4.78, 5) is 6.75. The Kier molecular flexibility index (Phi) is 3.34. The number of likely N-dealkylation sites (tertiary alicyclic amines) is 1. The van der Waals surface area contributed by atoms with Gasteiger partial charge in [0.1, 0.15) is 0 Å². The van der Waals surface area contributed by atoms with E-state index in [0.717, 1.165) is 38.8 Å². The molecule has 0 saturated carbocycles. The fourth-order valence-corrected chi connectivity index (χ4v) is 2.47. The summed E-state index contributed by atoms with van der Waals surface area (Å²) in [5.74, 6) is 1.05. The van der Waals surface area contributed by atoms with Crippen LogP contribution in [0.4, 0.5) is 0 Å². The van der Waals surface area contributed by atoms with Gasteiger partial charge in [-0.3, -0.25) is 4.99 Å². The highest BCUT2D eigenvalue weighted by atomic mass is 16.5. The van der Waals surface area contributed by atoms with E-state index >= 15 is 0 Å². The molecule has 4 heteroatoms. The van der Waals surface area contributed by atoms with E-state index in [0.29, 0.717) is 10.8 Å². The lowest BCUT2D eigenvalue weighted by Crippen LogP contribution is -2.51. The summed E-state index contributed by atoms with van der Waals surface area (Å²) in [5, 5.41) is 3.49. The van der Waals surface area contributed by atoms with Crippen LogP contribution >= 0.6 is 0 Å². The molecule has 0 spiro atoms. The van der Waals surface area contributed by atoms with Crippen LogP contribution in [0.25, 0.3) is 0 Å². The fraction of sp³-hybridized carbons (Fsp3) is 0.923. The van der Waals surface area contributed by atoms with Crippen molar-refractivity contribution in [2.75, 3.05) is 39.9 Å². The molecule has 0 aromatic rings. The standard InChI is InChI=1S/C13H25N3O/c1-12(2)5-6-16(8-12)11(14-4)15-7-13(3)9-17-10-13/h5-10H2,1-4H3,(H,14,15). The first-order chi connectivity index (χ1) is 7.94. The normalized spacial score (nSPS) is 26.8. The van der Waals surface area contributed by atoms with Gasteiger partial charge >= 0.3 is 0 Å². The maximum absolute atomic E-state index is 5.27. The minimum Gasteiger partial charge on any atom is -0.380 e. The van der Waals surface area contributed by atoms with Crippen LogP contribution in [0.1, 0.15) is 27.2 Å². The van der Waals surface area contributed by atoms with E-state index in [2.05, 4.69) is 36.0 Å². The number of ether oxygens (including phenoxy) is 1. The van der Waals surface area contributed by atoms with E-state index in [9.17, 15) is 0 Å². The van der Waals surface area contributed by atoms with Crippen molar-refractivity contribution >= 4 is 5.96 Å². The molecule has 0 aromatic heterocycles. The second-order valence-electron chi connectivity index (χ2n) is 6.54. The topological polar surface area (TPSA) is 36.9 Å². The van der Waals surface area contributed by atoms with Crippen LogP contribution in [0.2, 0.25) is 0 Å². The van der Waals surface area contributed by atoms with Gasteiger partial charge in [-0.2, -0.15) is 0 Å². The lowest BCUT2D eigenvalue weighted by atomic mass is 9.89. The molecule has 98 valence electrons. The molecule has 0 amide bonds. The molecule has 0 aromatic carbocycles. The predicted molar refractivity (Wildman–Crippen MR) is 70.3 cm³/mol. The van der Waals surface area contributed by atoms with Crippen molar-refractivity contribution in [1.29, 1.82) is 0 Å². The first-order valence-corrected chi connectivity index (χ1v) is 6.48. The molecule has 0 unspecified atom stereocenters. The predicted octanol–water partition coefficient (Wildman–Crippen LogP) is 1.33. The molecule has 17 heavy (non-hydrogen) atoms. The average molecular weight is 239 g/mol. The van der Waals surface area contributed by atoms with Crippen molar-refractivity contribution in [3.8, 4) is 0 Å². The van der Waals surface area contributed by atoms with E-state index < -0.39 is 0 Å². The third kappa shape index (κ3) is 2.92. The molecule has 0 aliphatic carbocycles. The summed E-state index contributed by atoms with van der Waals surface area (Å²) in [7, 11) is 1.87. The highest BCUT2D eigenvalue weighted by Crippen LogP contribution is 2.29. The summed E-state index contributed by atoms with van der Waals surface area (Å²) in [6.45, 7) is 11.8. The smallest absolute Gasteiger partial charge is 0.193 e. The molecule has 4 nitrogen and oxygen atoms in total. The van der Waals surface area contributed by atoms with Crippen molar-refractivity contribution in [3.63, 3.8) is 0 Å². The number of rotatable bonds is 2. The second kappa shape index (κ2) is 4.48. The third-order valence-electron chi connectivity index (χ3n) is 3.76. The van der Waals surface area contributed by atoms with Gasteiger partial charge in [0.25, 0.3) is 0 Å². The van der Waals surface area contributed by atoms with E-state index in [1.165, 1.54) is 6.42 Å². The van der Waals surface area contributed by atoms with Crippen molar-refractivity contribution in [1.82, 2.24) is 10.2 Å². The van der Waals surface area contributed by atoms with Gasteiger partial charge in [0.05, 0.1) is 13.2 Å². The minimum absolute atomic E-state index is 0.297. The Hall–Kier alpha value is -0.770. The highest BCUT2D eigenvalue weighted by Gasteiger charge is 2.35. The number of aliphatic imine (C=N–C) groups is 1.